The molecule has 3 amide bonds. The maximum absolute atomic E-state index is 14.0. The number of hydrogen-bond acceptors (Lipinski definition) is 5. The molecule has 0 fully saturated rings. The maximum atomic E-state index is 14.0. The van der Waals surface area contributed by atoms with E-state index < -0.39 is 29.3 Å². The molecule has 0 heterocycles. The number of alkyl carbamates (subject to hydrolysis) is 1. The molecule has 204 valence electrons. The Morgan fingerprint density at radius 1 is 1.08 bits per heavy atom. The van der Waals surface area contributed by atoms with Gasteiger partial charge < -0.3 is 25.4 Å². The maximum Gasteiger partial charge on any atom is 0.408 e. The van der Waals surface area contributed by atoms with Gasteiger partial charge in [-0.05, 0) is 90.5 Å². The summed E-state index contributed by atoms with van der Waals surface area (Å²) in [4.78, 5) is 41.9. The van der Waals surface area contributed by atoms with Gasteiger partial charge in [-0.2, -0.15) is 0 Å². The van der Waals surface area contributed by atoms with Crippen molar-refractivity contribution < 1.29 is 24.2 Å². The lowest BCUT2D eigenvalue weighted by Crippen LogP contribution is -2.55. The Balaban J connectivity index is 3.55. The summed E-state index contributed by atoms with van der Waals surface area (Å²) in [5.74, 6) is -0.440. The van der Waals surface area contributed by atoms with Crippen molar-refractivity contribution in [2.75, 3.05) is 6.54 Å². The standard InChI is InChI=1S/C28H47N3O5/c1-11-12-15-31(25(34)21(16-18(2)3)29-26(35)36-28(8,9)10)23(24(33)30-27(5,6)7)20-13-14-22(32)19(4)17-20/h13-14,17-18,21,23,32H,11-12,15-16H2,1-10H3,(H,29,35)(H,30,33). The number of benzene rings is 1. The smallest absolute Gasteiger partial charge is 0.408 e. The van der Waals surface area contributed by atoms with E-state index in [1.165, 1.54) is 6.07 Å². The second-order valence-corrected chi connectivity index (χ2v) is 11.9. The largest absolute Gasteiger partial charge is 0.508 e. The van der Waals surface area contributed by atoms with E-state index in [1.54, 1.807) is 44.7 Å². The van der Waals surface area contributed by atoms with Gasteiger partial charge in [0.2, 0.25) is 11.8 Å². The molecule has 1 aromatic carbocycles. The molecule has 0 aromatic heterocycles. The molecular formula is C28H47N3O5. The van der Waals surface area contributed by atoms with Crippen LogP contribution < -0.4 is 10.6 Å². The molecule has 0 aliphatic heterocycles. The van der Waals surface area contributed by atoms with Crippen LogP contribution in [0.2, 0.25) is 0 Å². The van der Waals surface area contributed by atoms with Gasteiger partial charge >= 0.3 is 6.09 Å². The van der Waals surface area contributed by atoms with E-state index in [0.29, 0.717) is 30.5 Å². The highest BCUT2D eigenvalue weighted by Gasteiger charge is 2.37. The van der Waals surface area contributed by atoms with Crippen LogP contribution in [-0.4, -0.2) is 51.6 Å². The first-order valence-electron chi connectivity index (χ1n) is 12.9. The van der Waals surface area contributed by atoms with Gasteiger partial charge in [-0.1, -0.05) is 33.3 Å². The summed E-state index contributed by atoms with van der Waals surface area (Å²) < 4.78 is 5.42. The van der Waals surface area contributed by atoms with Crippen LogP contribution in [0.25, 0.3) is 0 Å². The number of hydrogen-bond donors (Lipinski definition) is 3. The van der Waals surface area contributed by atoms with Gasteiger partial charge in [-0.3, -0.25) is 9.59 Å². The Kier molecular flexibility index (Phi) is 11.3. The number of phenolic OH excluding ortho intramolecular Hbond substituents is 1. The molecule has 0 saturated carbocycles. The topological polar surface area (TPSA) is 108 Å². The van der Waals surface area contributed by atoms with Crippen LogP contribution in [0, 0.1) is 12.8 Å². The molecule has 1 rings (SSSR count). The quantitative estimate of drug-likeness (QED) is 0.404. The second kappa shape index (κ2) is 13.0. The van der Waals surface area contributed by atoms with Gasteiger partial charge in [0.05, 0.1) is 0 Å². The molecule has 8 nitrogen and oxygen atoms in total. The summed E-state index contributed by atoms with van der Waals surface area (Å²) in [6, 6.07) is 3.14. The first-order valence-corrected chi connectivity index (χ1v) is 12.9. The van der Waals surface area contributed by atoms with Crippen LogP contribution in [0.15, 0.2) is 18.2 Å². The first kappa shape index (κ1) is 31.3. The Hall–Kier alpha value is -2.77. The van der Waals surface area contributed by atoms with Gasteiger partial charge in [0, 0.05) is 12.1 Å². The van der Waals surface area contributed by atoms with Crippen LogP contribution >= 0.6 is 0 Å². The number of aryl methyl sites for hydroxylation is 1. The van der Waals surface area contributed by atoms with Gasteiger partial charge in [-0.15, -0.1) is 0 Å². The molecule has 0 aliphatic rings. The molecule has 2 atom stereocenters. The molecule has 0 radical (unpaired) electrons. The van der Waals surface area contributed by atoms with Gasteiger partial charge in [0.15, 0.2) is 0 Å². The average Bonchev–Trinajstić information content (AvgIpc) is 2.69. The molecule has 36 heavy (non-hydrogen) atoms. The highest BCUT2D eigenvalue weighted by atomic mass is 16.6. The van der Waals surface area contributed by atoms with Crippen molar-refractivity contribution in [3.8, 4) is 5.75 Å². The second-order valence-electron chi connectivity index (χ2n) is 11.9. The minimum Gasteiger partial charge on any atom is -0.508 e. The fourth-order valence-electron chi connectivity index (χ4n) is 3.80. The predicted octanol–water partition coefficient (Wildman–Crippen LogP) is 5.22. The van der Waals surface area contributed by atoms with Crippen LogP contribution in [0.1, 0.15) is 98.7 Å². The molecule has 3 N–H and O–H groups in total. The van der Waals surface area contributed by atoms with Gasteiger partial charge in [0.25, 0.3) is 0 Å². The predicted molar refractivity (Wildman–Crippen MR) is 143 cm³/mol. The SMILES string of the molecule is CCCCN(C(=O)C(CC(C)C)NC(=O)OC(C)(C)C)C(C(=O)NC(C)(C)C)c1ccc(O)c(C)c1. The molecule has 2 unspecified atom stereocenters. The summed E-state index contributed by atoms with van der Waals surface area (Å²) in [7, 11) is 0. The molecule has 0 aliphatic carbocycles. The summed E-state index contributed by atoms with van der Waals surface area (Å²) in [5, 5.41) is 15.8. The van der Waals surface area contributed by atoms with Crippen LogP contribution in [0.3, 0.4) is 0 Å². The number of unbranched alkanes of at least 4 members (excludes halogenated alkanes) is 1. The Labute approximate surface area is 217 Å². The third-order valence-electron chi connectivity index (χ3n) is 5.33. The van der Waals surface area contributed by atoms with Gasteiger partial charge in [-0.25, -0.2) is 4.79 Å². The average molecular weight is 506 g/mol. The number of ether oxygens (including phenoxy) is 1. The zero-order valence-electron chi connectivity index (χ0n) is 23.8. The molecular weight excluding hydrogens is 458 g/mol. The van der Waals surface area contributed by atoms with Crippen molar-refractivity contribution >= 4 is 17.9 Å². The summed E-state index contributed by atoms with van der Waals surface area (Å²) in [6.07, 6.45) is 1.22. The van der Waals surface area contributed by atoms with Crippen molar-refractivity contribution in [1.82, 2.24) is 15.5 Å². The van der Waals surface area contributed by atoms with E-state index in [9.17, 15) is 19.5 Å². The Morgan fingerprint density at radius 3 is 2.17 bits per heavy atom. The van der Waals surface area contributed by atoms with E-state index in [0.717, 1.165) is 6.42 Å². The molecule has 8 heteroatoms. The number of amides is 3. The van der Waals surface area contributed by atoms with Crippen molar-refractivity contribution in [3.05, 3.63) is 29.3 Å². The van der Waals surface area contributed by atoms with Crippen LogP contribution in [0.5, 0.6) is 5.75 Å². The van der Waals surface area contributed by atoms with Crippen molar-refractivity contribution in [2.24, 2.45) is 5.92 Å². The van der Waals surface area contributed by atoms with E-state index in [4.69, 9.17) is 4.74 Å². The normalized spacial score (nSPS) is 13.6. The third kappa shape index (κ3) is 10.5. The van der Waals surface area contributed by atoms with E-state index in [2.05, 4.69) is 10.6 Å². The number of carbonyl (C=O) groups excluding carboxylic acids is 3. The number of rotatable bonds is 10. The number of nitrogens with zero attached hydrogens (tertiary/aromatic N) is 1. The lowest BCUT2D eigenvalue weighted by molar-refractivity contribution is -0.143. The first-order chi connectivity index (χ1) is 16.4. The number of aromatic hydroxyl groups is 1. The molecule has 0 saturated heterocycles. The zero-order chi connectivity index (χ0) is 27.8. The van der Waals surface area contributed by atoms with E-state index in [-0.39, 0.29) is 23.5 Å². The van der Waals surface area contributed by atoms with E-state index in [1.807, 2.05) is 41.5 Å². The number of phenols is 1. The lowest BCUT2D eigenvalue weighted by Gasteiger charge is -2.36. The minimum absolute atomic E-state index is 0.111. The Bertz CT molecular complexity index is 899. The Morgan fingerprint density at radius 2 is 1.69 bits per heavy atom. The fraction of sp³-hybridized carbons (Fsp3) is 0.679. The highest BCUT2D eigenvalue weighted by molar-refractivity contribution is 5.92. The summed E-state index contributed by atoms with van der Waals surface area (Å²) in [5.41, 5.74) is -0.0326. The van der Waals surface area contributed by atoms with E-state index >= 15 is 0 Å². The van der Waals surface area contributed by atoms with Crippen molar-refractivity contribution in [3.63, 3.8) is 0 Å². The van der Waals surface area contributed by atoms with Crippen LogP contribution in [-0.2, 0) is 14.3 Å². The molecule has 1 aromatic rings. The monoisotopic (exact) mass is 505 g/mol. The molecule has 0 bridgehead atoms. The summed E-state index contributed by atoms with van der Waals surface area (Å²) >= 11 is 0. The summed E-state index contributed by atoms with van der Waals surface area (Å²) in [6.45, 7) is 19.0. The lowest BCUT2D eigenvalue weighted by atomic mass is 9.97. The minimum atomic E-state index is -0.933. The third-order valence-corrected chi connectivity index (χ3v) is 5.33. The number of carbonyl (C=O) groups is 3. The van der Waals surface area contributed by atoms with Crippen molar-refractivity contribution in [1.29, 1.82) is 0 Å². The zero-order valence-corrected chi connectivity index (χ0v) is 23.8. The number of nitrogens with one attached hydrogen (secondary N) is 2. The van der Waals surface area contributed by atoms with Gasteiger partial charge in [0.1, 0.15) is 23.4 Å². The molecule has 0 spiro atoms. The van der Waals surface area contributed by atoms with Crippen LogP contribution in [0.4, 0.5) is 4.79 Å². The highest BCUT2D eigenvalue weighted by Crippen LogP contribution is 2.28. The van der Waals surface area contributed by atoms with Crippen molar-refractivity contribution in [2.45, 2.75) is 112 Å². The fourth-order valence-corrected chi connectivity index (χ4v) is 3.80.